The van der Waals surface area contributed by atoms with Gasteiger partial charge >= 0.3 is 0 Å². The lowest BCUT2D eigenvalue weighted by molar-refractivity contribution is 0.0937. The number of nitrogens with zero attached hydrogens (tertiary/aromatic N) is 3. The van der Waals surface area contributed by atoms with Crippen LogP contribution in [0.5, 0.6) is 5.75 Å². The van der Waals surface area contributed by atoms with E-state index in [4.69, 9.17) is 4.74 Å². The highest BCUT2D eigenvalue weighted by Gasteiger charge is 2.23. The fraction of sp³-hybridized carbons (Fsp3) is 0.480. The van der Waals surface area contributed by atoms with Gasteiger partial charge in [-0.2, -0.15) is 10.2 Å². The van der Waals surface area contributed by atoms with E-state index in [1.807, 2.05) is 36.6 Å². The molecule has 172 valence electrons. The van der Waals surface area contributed by atoms with Gasteiger partial charge in [0, 0.05) is 25.3 Å². The molecule has 2 aliphatic heterocycles. The third-order valence-corrected chi connectivity index (χ3v) is 5.76. The first-order valence-corrected chi connectivity index (χ1v) is 11.5. The van der Waals surface area contributed by atoms with Crippen LogP contribution in [0.25, 0.3) is 0 Å². The first-order valence-electron chi connectivity index (χ1n) is 11.5. The van der Waals surface area contributed by atoms with Crippen molar-refractivity contribution in [3.63, 3.8) is 0 Å². The molecule has 1 aromatic carbocycles. The summed E-state index contributed by atoms with van der Waals surface area (Å²) in [4.78, 5) is 15.5. The lowest BCUT2D eigenvalue weighted by Crippen LogP contribution is -2.45. The van der Waals surface area contributed by atoms with Crippen LogP contribution in [0.1, 0.15) is 61.5 Å². The van der Waals surface area contributed by atoms with Crippen LogP contribution in [-0.4, -0.2) is 49.1 Å². The molecule has 0 spiro atoms. The Labute approximate surface area is 191 Å². The molecular formula is C25H35N5O2. The molecule has 2 heterocycles. The number of fused-ring (bicyclic) bond motifs is 1. The summed E-state index contributed by atoms with van der Waals surface area (Å²) in [6.07, 6.45) is 13.0. The van der Waals surface area contributed by atoms with Crippen LogP contribution in [-0.2, 0) is 13.0 Å². The molecule has 3 rings (SSSR count). The normalized spacial score (nSPS) is 18.7. The number of methoxy groups -OCH3 is 1. The summed E-state index contributed by atoms with van der Waals surface area (Å²) in [6.45, 7) is 8.42. The molecule has 1 aromatic rings. The molecule has 1 atom stereocenters. The summed E-state index contributed by atoms with van der Waals surface area (Å²) in [7, 11) is 1.61. The number of carbonyl (C=O) groups excluding carboxylic acids is 1. The second-order valence-corrected chi connectivity index (χ2v) is 8.42. The fourth-order valence-corrected chi connectivity index (χ4v) is 3.82. The van der Waals surface area contributed by atoms with Crippen LogP contribution in [0, 0.1) is 0 Å². The molecule has 7 nitrogen and oxygen atoms in total. The van der Waals surface area contributed by atoms with E-state index in [0.717, 1.165) is 44.5 Å². The predicted octanol–water partition coefficient (Wildman–Crippen LogP) is 3.81. The number of benzene rings is 1. The quantitative estimate of drug-likeness (QED) is 0.350. The predicted molar refractivity (Wildman–Crippen MR) is 130 cm³/mol. The number of rotatable bonds is 9. The molecule has 2 N–H and O–H groups in total. The number of dihydropyridines is 1. The van der Waals surface area contributed by atoms with E-state index in [9.17, 15) is 4.79 Å². The Kier molecular flexibility index (Phi) is 8.62. The van der Waals surface area contributed by atoms with Gasteiger partial charge in [-0.25, -0.2) is 0 Å². The molecule has 0 radical (unpaired) electrons. The van der Waals surface area contributed by atoms with Crippen LogP contribution < -0.4 is 15.4 Å². The standard InChI is InChI=1S/C25H35N5O2/c1-5-6-7-12-26-27-16-21-9-8-10-24(28-21)29-25(31)22-14-20-17-30(18(2)3)13-11-19(20)15-23(22)32-4/h8-10,12,14-16,18,24,28H,5-7,11,13,17H2,1-4H3,(H,29,31)/b26-12+,27-16+. The van der Waals surface area contributed by atoms with Crippen molar-refractivity contribution in [1.29, 1.82) is 0 Å². The van der Waals surface area contributed by atoms with Crippen molar-refractivity contribution in [2.24, 2.45) is 10.2 Å². The number of allylic oxidation sites excluding steroid dienone is 3. The number of ether oxygens (including phenoxy) is 1. The number of hydrogen-bond acceptors (Lipinski definition) is 6. The summed E-state index contributed by atoms with van der Waals surface area (Å²) in [5.74, 6) is 0.432. The van der Waals surface area contributed by atoms with Crippen LogP contribution in [0.3, 0.4) is 0 Å². The molecular weight excluding hydrogens is 402 g/mol. The Bertz CT molecular complexity index is 917. The highest BCUT2D eigenvalue weighted by atomic mass is 16.5. The Morgan fingerprint density at radius 3 is 2.94 bits per heavy atom. The third kappa shape index (κ3) is 6.29. The zero-order valence-corrected chi connectivity index (χ0v) is 19.6. The van der Waals surface area contributed by atoms with Gasteiger partial charge in [0.2, 0.25) is 0 Å². The Morgan fingerprint density at radius 1 is 1.34 bits per heavy atom. The van der Waals surface area contributed by atoms with Crippen LogP contribution in [0.15, 0.2) is 46.3 Å². The smallest absolute Gasteiger partial charge is 0.256 e. The number of hydrogen-bond donors (Lipinski definition) is 2. The van der Waals surface area contributed by atoms with E-state index in [0.29, 0.717) is 17.4 Å². The van der Waals surface area contributed by atoms with Gasteiger partial charge < -0.3 is 15.4 Å². The van der Waals surface area contributed by atoms with Gasteiger partial charge in [0.25, 0.3) is 5.91 Å². The van der Waals surface area contributed by atoms with E-state index in [-0.39, 0.29) is 12.1 Å². The van der Waals surface area contributed by atoms with Gasteiger partial charge in [-0.3, -0.25) is 9.69 Å². The van der Waals surface area contributed by atoms with Crippen molar-refractivity contribution < 1.29 is 9.53 Å². The maximum Gasteiger partial charge on any atom is 0.256 e. The number of carbonyl (C=O) groups is 1. The first-order chi connectivity index (χ1) is 15.5. The zero-order valence-electron chi connectivity index (χ0n) is 19.6. The highest BCUT2D eigenvalue weighted by Crippen LogP contribution is 2.28. The second kappa shape index (κ2) is 11.6. The maximum absolute atomic E-state index is 13.1. The number of unbranched alkanes of at least 4 members (excludes halogenated alkanes) is 2. The zero-order chi connectivity index (χ0) is 22.9. The van der Waals surface area contributed by atoms with Crippen molar-refractivity contribution in [1.82, 2.24) is 15.5 Å². The van der Waals surface area contributed by atoms with Gasteiger partial charge in [-0.15, -0.1) is 0 Å². The van der Waals surface area contributed by atoms with E-state index in [1.54, 1.807) is 13.3 Å². The molecule has 32 heavy (non-hydrogen) atoms. The van der Waals surface area contributed by atoms with Crippen molar-refractivity contribution in [2.75, 3.05) is 13.7 Å². The fourth-order valence-electron chi connectivity index (χ4n) is 3.82. The molecule has 0 saturated heterocycles. The van der Waals surface area contributed by atoms with Gasteiger partial charge in [-0.1, -0.05) is 19.4 Å². The molecule has 1 amide bonds. The summed E-state index contributed by atoms with van der Waals surface area (Å²) in [5, 5.41) is 14.4. The first kappa shape index (κ1) is 23.7. The van der Waals surface area contributed by atoms with E-state index < -0.39 is 0 Å². The number of amides is 1. The van der Waals surface area contributed by atoms with Gasteiger partial charge in [-0.05, 0) is 68.5 Å². The van der Waals surface area contributed by atoms with Crippen LogP contribution in [0.2, 0.25) is 0 Å². The van der Waals surface area contributed by atoms with Crippen LogP contribution in [0.4, 0.5) is 0 Å². The average molecular weight is 438 g/mol. The largest absolute Gasteiger partial charge is 0.496 e. The molecule has 0 aromatic heterocycles. The van der Waals surface area contributed by atoms with Crippen molar-refractivity contribution in [2.45, 2.75) is 65.2 Å². The lowest BCUT2D eigenvalue weighted by Gasteiger charge is -2.32. The monoisotopic (exact) mass is 437 g/mol. The molecule has 0 saturated carbocycles. The minimum absolute atomic E-state index is 0.177. The van der Waals surface area contributed by atoms with Crippen molar-refractivity contribution in [3.05, 3.63) is 52.7 Å². The summed E-state index contributed by atoms with van der Waals surface area (Å²) in [6, 6.07) is 4.47. The molecule has 0 fully saturated rings. The summed E-state index contributed by atoms with van der Waals surface area (Å²) in [5.41, 5.74) is 3.79. The SMILES string of the molecule is CCCC/C=N/N=C/C1=CC=CC(NC(=O)c2cc3c(cc2OC)CCN(C(C)C)C3)N1. The molecule has 0 aliphatic carbocycles. The number of nitrogens with one attached hydrogen (secondary N) is 2. The Morgan fingerprint density at radius 2 is 2.19 bits per heavy atom. The van der Waals surface area contributed by atoms with E-state index in [2.05, 4.69) is 46.5 Å². The van der Waals surface area contributed by atoms with Gasteiger partial charge in [0.15, 0.2) is 0 Å². The Hall–Kier alpha value is -2.93. The minimum atomic E-state index is -0.342. The van der Waals surface area contributed by atoms with Crippen LogP contribution >= 0.6 is 0 Å². The molecule has 2 aliphatic rings. The molecule has 1 unspecified atom stereocenters. The minimum Gasteiger partial charge on any atom is -0.496 e. The second-order valence-electron chi connectivity index (χ2n) is 8.42. The topological polar surface area (TPSA) is 78.3 Å². The van der Waals surface area contributed by atoms with Gasteiger partial charge in [0.05, 0.1) is 24.6 Å². The van der Waals surface area contributed by atoms with Gasteiger partial charge in [0.1, 0.15) is 11.9 Å². The molecule has 7 heteroatoms. The summed E-state index contributed by atoms with van der Waals surface area (Å²) >= 11 is 0. The lowest BCUT2D eigenvalue weighted by atomic mass is 9.95. The highest BCUT2D eigenvalue weighted by molar-refractivity contribution is 5.97. The average Bonchev–Trinajstić information content (AvgIpc) is 2.80. The summed E-state index contributed by atoms with van der Waals surface area (Å²) < 4.78 is 5.55. The van der Waals surface area contributed by atoms with E-state index in [1.165, 1.54) is 11.1 Å². The Balaban J connectivity index is 1.65. The third-order valence-electron chi connectivity index (χ3n) is 5.76. The molecule has 0 bridgehead atoms. The van der Waals surface area contributed by atoms with E-state index >= 15 is 0 Å². The van der Waals surface area contributed by atoms with Crippen molar-refractivity contribution in [3.8, 4) is 5.75 Å². The van der Waals surface area contributed by atoms with Crippen molar-refractivity contribution >= 4 is 18.3 Å². The maximum atomic E-state index is 13.1.